The number of ether oxygens (including phenoxy) is 1. The Morgan fingerprint density at radius 2 is 2.05 bits per heavy atom. The van der Waals surface area contributed by atoms with Crippen LogP contribution >= 0.6 is 11.8 Å². The summed E-state index contributed by atoms with van der Waals surface area (Å²) in [6.07, 6.45) is 3.69. The first-order chi connectivity index (χ1) is 9.95. The molecular formula is C14H26N2O4S. The zero-order valence-corrected chi connectivity index (χ0v) is 13.9. The molecule has 1 atom stereocenters. The zero-order valence-electron chi connectivity index (χ0n) is 13.1. The van der Waals surface area contributed by atoms with Gasteiger partial charge < -0.3 is 19.6 Å². The Kier molecular flexibility index (Phi) is 7.88. The van der Waals surface area contributed by atoms with E-state index in [2.05, 4.69) is 6.92 Å². The van der Waals surface area contributed by atoms with Gasteiger partial charge in [-0.1, -0.05) is 0 Å². The Hall–Kier alpha value is -0.950. The molecule has 1 unspecified atom stereocenters. The molecule has 1 fully saturated rings. The first-order valence-electron chi connectivity index (χ1n) is 7.29. The molecule has 122 valence electrons. The quantitative estimate of drug-likeness (QED) is 0.774. The van der Waals surface area contributed by atoms with Crippen molar-refractivity contribution in [3.8, 4) is 0 Å². The fraction of sp³-hybridized carbons (Fsp3) is 0.857. The van der Waals surface area contributed by atoms with Crippen LogP contribution < -0.4 is 0 Å². The van der Waals surface area contributed by atoms with E-state index in [9.17, 15) is 9.59 Å². The maximum absolute atomic E-state index is 12.3. The number of amides is 2. The number of hydrogen-bond acceptors (Lipinski definition) is 4. The molecule has 0 aliphatic carbocycles. The highest BCUT2D eigenvalue weighted by Crippen LogP contribution is 2.16. The first kappa shape index (κ1) is 18.1. The molecule has 1 aliphatic rings. The second-order valence-corrected chi connectivity index (χ2v) is 6.31. The number of likely N-dealkylation sites (tertiary alicyclic amines) is 1. The number of carboxylic acids is 1. The molecule has 7 heteroatoms. The topological polar surface area (TPSA) is 70.1 Å². The van der Waals surface area contributed by atoms with Crippen molar-refractivity contribution in [2.45, 2.75) is 38.3 Å². The van der Waals surface area contributed by atoms with Crippen LogP contribution in [0.5, 0.6) is 0 Å². The first-order valence-corrected chi connectivity index (χ1v) is 8.69. The number of carboxylic acid groups (broad SMARTS) is 1. The summed E-state index contributed by atoms with van der Waals surface area (Å²) in [6, 6.07) is 0.289. The lowest BCUT2D eigenvalue weighted by Crippen LogP contribution is -2.49. The molecule has 0 radical (unpaired) electrons. The molecule has 0 bridgehead atoms. The summed E-state index contributed by atoms with van der Waals surface area (Å²) in [4.78, 5) is 26.4. The molecule has 0 aromatic heterocycles. The third-order valence-electron chi connectivity index (χ3n) is 3.75. The summed E-state index contributed by atoms with van der Waals surface area (Å²) in [5.41, 5.74) is 0. The van der Waals surface area contributed by atoms with Gasteiger partial charge in [-0.25, -0.2) is 4.79 Å². The third-order valence-corrected chi connectivity index (χ3v) is 4.57. The largest absolute Gasteiger partial charge is 0.481 e. The highest BCUT2D eigenvalue weighted by Gasteiger charge is 2.26. The van der Waals surface area contributed by atoms with Crippen molar-refractivity contribution in [2.24, 2.45) is 0 Å². The summed E-state index contributed by atoms with van der Waals surface area (Å²) in [6.45, 7) is 3.65. The highest BCUT2D eigenvalue weighted by molar-refractivity contribution is 7.98. The number of piperidine rings is 1. The minimum atomic E-state index is -0.841. The van der Waals surface area contributed by atoms with Crippen LogP contribution in [0.25, 0.3) is 0 Å². The second-order valence-electron chi connectivity index (χ2n) is 5.40. The van der Waals surface area contributed by atoms with Crippen LogP contribution in [0.3, 0.4) is 0 Å². The lowest BCUT2D eigenvalue weighted by Gasteiger charge is -2.36. The number of thioether (sulfide) groups is 1. The standard InChI is InChI=1S/C14H26N2O4S/c1-11(10-21-3)15(2)14(19)16-7-4-12(5-8-16)20-9-6-13(17)18/h11-12H,4-10H2,1-3H3,(H,17,18). The molecule has 1 rings (SSSR count). The zero-order chi connectivity index (χ0) is 15.8. The van der Waals surface area contributed by atoms with Crippen LogP contribution in [0.1, 0.15) is 26.2 Å². The maximum atomic E-state index is 12.3. The van der Waals surface area contributed by atoms with Crippen LogP contribution in [0, 0.1) is 0 Å². The Bertz CT molecular complexity index is 346. The molecule has 1 heterocycles. The molecule has 0 spiro atoms. The van der Waals surface area contributed by atoms with Crippen molar-refractivity contribution < 1.29 is 19.4 Å². The number of carbonyl (C=O) groups excluding carboxylic acids is 1. The predicted molar refractivity (Wildman–Crippen MR) is 83.8 cm³/mol. The number of aliphatic carboxylic acids is 1. The van der Waals surface area contributed by atoms with Crippen LogP contribution in [0.15, 0.2) is 0 Å². The van der Waals surface area contributed by atoms with Gasteiger partial charge in [0, 0.05) is 31.9 Å². The maximum Gasteiger partial charge on any atom is 0.320 e. The van der Waals surface area contributed by atoms with E-state index in [1.807, 2.05) is 18.2 Å². The number of carbonyl (C=O) groups is 2. The summed E-state index contributed by atoms with van der Waals surface area (Å²) >= 11 is 1.73. The molecule has 0 aromatic rings. The van der Waals surface area contributed by atoms with E-state index in [1.165, 1.54) is 0 Å². The average Bonchev–Trinajstić information content (AvgIpc) is 2.46. The van der Waals surface area contributed by atoms with Gasteiger partial charge in [0.2, 0.25) is 0 Å². The number of hydrogen-bond donors (Lipinski definition) is 1. The van der Waals surface area contributed by atoms with Crippen molar-refractivity contribution in [3.63, 3.8) is 0 Å². The summed E-state index contributed by atoms with van der Waals surface area (Å²) in [7, 11) is 1.85. The van der Waals surface area contributed by atoms with E-state index in [4.69, 9.17) is 9.84 Å². The molecular weight excluding hydrogens is 292 g/mol. The summed E-state index contributed by atoms with van der Waals surface area (Å²) in [5.74, 6) is 0.0869. The molecule has 1 N–H and O–H groups in total. The third kappa shape index (κ3) is 6.13. The van der Waals surface area contributed by atoms with Crippen LogP contribution in [0.4, 0.5) is 4.79 Å². The van der Waals surface area contributed by atoms with Crippen LogP contribution in [0.2, 0.25) is 0 Å². The molecule has 0 aromatic carbocycles. The second kappa shape index (κ2) is 9.15. The lowest BCUT2D eigenvalue weighted by atomic mass is 10.1. The lowest BCUT2D eigenvalue weighted by molar-refractivity contribution is -0.138. The summed E-state index contributed by atoms with van der Waals surface area (Å²) in [5, 5.41) is 8.57. The van der Waals surface area contributed by atoms with Gasteiger partial charge in [-0.05, 0) is 26.0 Å². The normalized spacial score (nSPS) is 17.6. The van der Waals surface area contributed by atoms with E-state index < -0.39 is 5.97 Å². The van der Waals surface area contributed by atoms with E-state index >= 15 is 0 Å². The van der Waals surface area contributed by atoms with Crippen molar-refractivity contribution in [3.05, 3.63) is 0 Å². The molecule has 6 nitrogen and oxygen atoms in total. The molecule has 1 aliphatic heterocycles. The van der Waals surface area contributed by atoms with Crippen molar-refractivity contribution in [1.29, 1.82) is 0 Å². The van der Waals surface area contributed by atoms with Crippen molar-refractivity contribution in [2.75, 3.05) is 38.8 Å². The number of urea groups is 1. The summed E-state index contributed by atoms with van der Waals surface area (Å²) < 4.78 is 5.53. The minimum absolute atomic E-state index is 0.0358. The highest BCUT2D eigenvalue weighted by atomic mass is 32.2. The van der Waals surface area contributed by atoms with Gasteiger partial charge in [0.1, 0.15) is 0 Å². The van der Waals surface area contributed by atoms with E-state index in [0.717, 1.165) is 18.6 Å². The Morgan fingerprint density at radius 3 is 2.57 bits per heavy atom. The monoisotopic (exact) mass is 318 g/mol. The molecule has 1 saturated heterocycles. The van der Waals surface area contributed by atoms with Crippen molar-refractivity contribution in [1.82, 2.24) is 9.80 Å². The number of rotatable bonds is 7. The Balaban J connectivity index is 2.31. The molecule has 2 amide bonds. The van der Waals surface area contributed by atoms with Gasteiger partial charge in [0.15, 0.2) is 0 Å². The minimum Gasteiger partial charge on any atom is -0.481 e. The Labute approximate surface area is 130 Å². The van der Waals surface area contributed by atoms with E-state index in [0.29, 0.717) is 13.1 Å². The van der Waals surface area contributed by atoms with Gasteiger partial charge in [0.25, 0.3) is 0 Å². The Morgan fingerprint density at radius 1 is 1.43 bits per heavy atom. The van der Waals surface area contributed by atoms with Crippen LogP contribution in [-0.2, 0) is 9.53 Å². The average molecular weight is 318 g/mol. The SMILES string of the molecule is CSCC(C)N(C)C(=O)N1CCC(OCCC(=O)O)CC1. The van der Waals surface area contributed by atoms with Gasteiger partial charge in [-0.2, -0.15) is 11.8 Å². The van der Waals surface area contributed by atoms with E-state index in [1.54, 1.807) is 16.7 Å². The van der Waals surface area contributed by atoms with Gasteiger partial charge in [0.05, 0.1) is 19.1 Å². The van der Waals surface area contributed by atoms with Gasteiger partial charge >= 0.3 is 12.0 Å². The fourth-order valence-corrected chi connectivity index (χ4v) is 3.00. The fourth-order valence-electron chi connectivity index (χ4n) is 2.29. The number of nitrogens with zero attached hydrogens (tertiary/aromatic N) is 2. The molecule has 0 saturated carbocycles. The molecule has 21 heavy (non-hydrogen) atoms. The smallest absolute Gasteiger partial charge is 0.320 e. The predicted octanol–water partition coefficient (Wildman–Crippen LogP) is 1.75. The van der Waals surface area contributed by atoms with Gasteiger partial charge in [-0.15, -0.1) is 0 Å². The van der Waals surface area contributed by atoms with Crippen LogP contribution in [-0.4, -0.2) is 77.8 Å². The van der Waals surface area contributed by atoms with Crippen molar-refractivity contribution >= 4 is 23.8 Å². The van der Waals surface area contributed by atoms with Gasteiger partial charge in [-0.3, -0.25) is 4.79 Å². The van der Waals surface area contributed by atoms with E-state index in [-0.39, 0.29) is 31.2 Å².